The summed E-state index contributed by atoms with van der Waals surface area (Å²) in [7, 11) is 0. The molecule has 0 spiro atoms. The summed E-state index contributed by atoms with van der Waals surface area (Å²) in [6.07, 6.45) is 3.30. The quantitative estimate of drug-likeness (QED) is 0.650. The SMILES string of the molecule is CC(C)[N+]1(CCC(C(N)=O)(c2ccccc2)c2ccccc2)CCCC1.[Br-]. The van der Waals surface area contributed by atoms with Crippen LogP contribution in [0.1, 0.15) is 44.2 Å². The number of benzene rings is 2. The standard InChI is InChI=1S/C23H30N2O.BrH/c1-19(2)25(16-9-10-17-25)18-15-23(22(24)26,20-11-5-3-6-12-20)21-13-7-4-8-14-21;/h3-8,11-14,19H,9-10,15-18H2,1-2H3,(H-,24,26);1H. The lowest BCUT2D eigenvalue weighted by Crippen LogP contribution is -3.00. The van der Waals surface area contributed by atoms with E-state index in [4.69, 9.17) is 5.73 Å². The summed E-state index contributed by atoms with van der Waals surface area (Å²) in [6, 6.07) is 20.7. The summed E-state index contributed by atoms with van der Waals surface area (Å²) in [5.74, 6) is -0.254. The molecule has 1 fully saturated rings. The van der Waals surface area contributed by atoms with E-state index in [0.717, 1.165) is 28.6 Å². The summed E-state index contributed by atoms with van der Waals surface area (Å²) in [5.41, 5.74) is 7.32. The third-order valence-corrected chi connectivity index (χ3v) is 6.44. The first-order chi connectivity index (χ1) is 12.5. The topological polar surface area (TPSA) is 43.1 Å². The molecule has 1 aliphatic rings. The zero-order valence-electron chi connectivity index (χ0n) is 16.4. The van der Waals surface area contributed by atoms with Crippen LogP contribution in [0, 0.1) is 0 Å². The molecule has 2 N–H and O–H groups in total. The summed E-state index contributed by atoms with van der Waals surface area (Å²) in [4.78, 5) is 12.9. The molecule has 146 valence electrons. The molecule has 3 nitrogen and oxygen atoms in total. The molecule has 0 saturated carbocycles. The number of nitrogens with two attached hydrogens (primary N) is 1. The van der Waals surface area contributed by atoms with Crippen LogP contribution in [0.2, 0.25) is 0 Å². The van der Waals surface area contributed by atoms with Crippen molar-refractivity contribution in [2.45, 2.75) is 44.6 Å². The highest BCUT2D eigenvalue weighted by Crippen LogP contribution is 2.38. The predicted molar refractivity (Wildman–Crippen MR) is 107 cm³/mol. The molecule has 0 bridgehead atoms. The number of hydrogen-bond acceptors (Lipinski definition) is 1. The van der Waals surface area contributed by atoms with Gasteiger partial charge in [0.15, 0.2) is 0 Å². The number of quaternary nitrogens is 1. The van der Waals surface area contributed by atoms with Crippen LogP contribution in [0.15, 0.2) is 60.7 Å². The molecule has 1 heterocycles. The van der Waals surface area contributed by atoms with Gasteiger partial charge in [-0.15, -0.1) is 0 Å². The van der Waals surface area contributed by atoms with Gasteiger partial charge < -0.3 is 27.2 Å². The maximum absolute atomic E-state index is 12.9. The zero-order chi connectivity index (χ0) is 18.6. The normalized spacial score (nSPS) is 16.1. The first kappa shape index (κ1) is 21.6. The molecule has 0 atom stereocenters. The summed E-state index contributed by atoms with van der Waals surface area (Å²) in [6.45, 7) is 8.00. The minimum absolute atomic E-state index is 0. The highest BCUT2D eigenvalue weighted by Gasteiger charge is 2.44. The Morgan fingerprint density at radius 2 is 1.41 bits per heavy atom. The maximum Gasteiger partial charge on any atom is 0.232 e. The number of rotatable bonds is 7. The Bertz CT molecular complexity index is 685. The van der Waals surface area contributed by atoms with E-state index in [0.29, 0.717) is 6.04 Å². The van der Waals surface area contributed by atoms with E-state index in [9.17, 15) is 4.79 Å². The molecule has 2 aromatic carbocycles. The van der Waals surface area contributed by atoms with Gasteiger partial charge >= 0.3 is 0 Å². The van der Waals surface area contributed by atoms with E-state index in [1.165, 1.54) is 25.9 Å². The monoisotopic (exact) mass is 430 g/mol. The number of hydrogen-bond donors (Lipinski definition) is 1. The molecule has 3 rings (SSSR count). The molecule has 0 aromatic heterocycles. The lowest BCUT2D eigenvalue weighted by atomic mass is 9.71. The number of halogens is 1. The van der Waals surface area contributed by atoms with Crippen molar-refractivity contribution in [3.63, 3.8) is 0 Å². The Balaban J connectivity index is 0.00000261. The van der Waals surface area contributed by atoms with Crippen molar-refractivity contribution in [3.05, 3.63) is 71.8 Å². The molecule has 0 aliphatic carbocycles. The van der Waals surface area contributed by atoms with Crippen LogP contribution in [0.3, 0.4) is 0 Å². The highest BCUT2D eigenvalue weighted by atomic mass is 79.9. The third kappa shape index (κ3) is 4.12. The molecule has 4 heteroatoms. The van der Waals surface area contributed by atoms with Gasteiger partial charge in [0.25, 0.3) is 0 Å². The molecule has 2 aromatic rings. The molecule has 1 amide bonds. The van der Waals surface area contributed by atoms with E-state index in [1.54, 1.807) is 0 Å². The second-order valence-corrected chi connectivity index (χ2v) is 7.94. The second-order valence-electron chi connectivity index (χ2n) is 7.94. The van der Waals surface area contributed by atoms with Crippen molar-refractivity contribution >= 4 is 5.91 Å². The molecular weight excluding hydrogens is 400 g/mol. The number of carbonyl (C=O) groups is 1. The van der Waals surface area contributed by atoms with E-state index in [1.807, 2.05) is 60.7 Å². The van der Waals surface area contributed by atoms with Crippen molar-refractivity contribution in [1.82, 2.24) is 0 Å². The fourth-order valence-corrected chi connectivity index (χ4v) is 4.66. The van der Waals surface area contributed by atoms with Gasteiger partial charge in [-0.25, -0.2) is 0 Å². The Hall–Kier alpha value is -1.65. The van der Waals surface area contributed by atoms with Crippen molar-refractivity contribution in [3.8, 4) is 0 Å². The minimum Gasteiger partial charge on any atom is -1.00 e. The van der Waals surface area contributed by atoms with Gasteiger partial charge in [0.2, 0.25) is 5.91 Å². The lowest BCUT2D eigenvalue weighted by Gasteiger charge is -2.42. The van der Waals surface area contributed by atoms with E-state index in [2.05, 4.69) is 13.8 Å². The zero-order valence-corrected chi connectivity index (χ0v) is 18.0. The van der Waals surface area contributed by atoms with E-state index < -0.39 is 5.41 Å². The second kappa shape index (κ2) is 9.03. The Labute approximate surface area is 173 Å². The molecule has 1 aliphatic heterocycles. The van der Waals surface area contributed by atoms with E-state index in [-0.39, 0.29) is 22.9 Å². The Morgan fingerprint density at radius 3 is 1.78 bits per heavy atom. The van der Waals surface area contributed by atoms with Crippen molar-refractivity contribution < 1.29 is 26.3 Å². The molecule has 27 heavy (non-hydrogen) atoms. The number of amides is 1. The fraction of sp³-hybridized carbons (Fsp3) is 0.435. The lowest BCUT2D eigenvalue weighted by molar-refractivity contribution is -0.937. The van der Waals surface area contributed by atoms with Gasteiger partial charge in [-0.3, -0.25) is 4.79 Å². The van der Waals surface area contributed by atoms with Gasteiger partial charge in [0.05, 0.1) is 25.7 Å². The third-order valence-electron chi connectivity index (χ3n) is 6.44. The molecular formula is C23H31BrN2O. The van der Waals surface area contributed by atoms with Crippen LogP contribution in [-0.4, -0.2) is 36.1 Å². The van der Waals surface area contributed by atoms with Crippen LogP contribution in [0.4, 0.5) is 0 Å². The van der Waals surface area contributed by atoms with Crippen LogP contribution < -0.4 is 22.7 Å². The number of nitrogens with zero attached hydrogens (tertiary/aromatic N) is 1. The number of primary amides is 1. The highest BCUT2D eigenvalue weighted by molar-refractivity contribution is 5.90. The van der Waals surface area contributed by atoms with Gasteiger partial charge in [0, 0.05) is 19.3 Å². The summed E-state index contributed by atoms with van der Waals surface area (Å²) in [5, 5.41) is 0. The van der Waals surface area contributed by atoms with Crippen molar-refractivity contribution in [2.24, 2.45) is 5.73 Å². The van der Waals surface area contributed by atoms with Crippen LogP contribution in [0.25, 0.3) is 0 Å². The van der Waals surface area contributed by atoms with Gasteiger partial charge in [0.1, 0.15) is 5.41 Å². The fourth-order valence-electron chi connectivity index (χ4n) is 4.66. The Morgan fingerprint density at radius 1 is 0.963 bits per heavy atom. The smallest absolute Gasteiger partial charge is 0.232 e. The summed E-state index contributed by atoms with van der Waals surface area (Å²) < 4.78 is 1.09. The average molecular weight is 431 g/mol. The van der Waals surface area contributed by atoms with Crippen LogP contribution >= 0.6 is 0 Å². The maximum atomic E-state index is 12.9. The molecule has 0 unspecified atom stereocenters. The van der Waals surface area contributed by atoms with Crippen LogP contribution in [0.5, 0.6) is 0 Å². The van der Waals surface area contributed by atoms with Gasteiger partial charge in [-0.1, -0.05) is 60.7 Å². The number of carbonyl (C=O) groups excluding carboxylic acids is 1. The average Bonchev–Trinajstić information content (AvgIpc) is 3.14. The molecule has 0 radical (unpaired) electrons. The number of likely N-dealkylation sites (tertiary alicyclic amines) is 1. The van der Waals surface area contributed by atoms with Crippen molar-refractivity contribution in [2.75, 3.05) is 19.6 Å². The largest absolute Gasteiger partial charge is 1.00 e. The minimum atomic E-state index is -0.773. The molecule has 1 saturated heterocycles. The predicted octanol–water partition coefficient (Wildman–Crippen LogP) is 0.871. The first-order valence-corrected chi connectivity index (χ1v) is 9.78. The Kier molecular flexibility index (Phi) is 7.24. The van der Waals surface area contributed by atoms with Crippen molar-refractivity contribution in [1.29, 1.82) is 0 Å². The van der Waals surface area contributed by atoms with E-state index >= 15 is 0 Å². The van der Waals surface area contributed by atoms with Crippen LogP contribution in [-0.2, 0) is 10.2 Å². The van der Waals surface area contributed by atoms with Gasteiger partial charge in [-0.05, 0) is 25.0 Å². The first-order valence-electron chi connectivity index (χ1n) is 9.78. The summed E-state index contributed by atoms with van der Waals surface area (Å²) >= 11 is 0. The van der Waals surface area contributed by atoms with Gasteiger partial charge in [-0.2, -0.15) is 0 Å².